The topological polar surface area (TPSA) is 9.23 Å². The summed E-state index contributed by atoms with van der Waals surface area (Å²) in [6.45, 7) is 4.27. The van der Waals surface area contributed by atoms with E-state index in [-0.39, 0.29) is 23.7 Å². The first-order chi connectivity index (χ1) is 16.0. The van der Waals surface area contributed by atoms with Crippen molar-refractivity contribution >= 4 is 10.8 Å². The number of ether oxygens (including phenoxy) is 1. The molecule has 2 fully saturated rings. The van der Waals surface area contributed by atoms with Gasteiger partial charge < -0.3 is 4.74 Å². The summed E-state index contributed by atoms with van der Waals surface area (Å²) in [5.41, 5.74) is 0.422. The Morgan fingerprint density at radius 1 is 0.939 bits per heavy atom. The third-order valence-electron chi connectivity index (χ3n) is 8.06. The summed E-state index contributed by atoms with van der Waals surface area (Å²) in [6, 6.07) is 4.83. The van der Waals surface area contributed by atoms with Gasteiger partial charge in [0.1, 0.15) is 6.61 Å². The Balaban J connectivity index is 1.50. The molecule has 4 heteroatoms. The van der Waals surface area contributed by atoms with Crippen LogP contribution in [-0.2, 0) is 0 Å². The maximum absolute atomic E-state index is 15.2. The molecular weight excluding hydrogens is 421 g/mol. The molecule has 2 aromatic carbocycles. The molecule has 4 unspecified atom stereocenters. The summed E-state index contributed by atoms with van der Waals surface area (Å²) in [5.74, 6) is -0.672. The Hall–Kier alpha value is -1.97. The molecule has 180 valence electrons. The zero-order valence-electron chi connectivity index (χ0n) is 20.0. The molecule has 0 amide bonds. The summed E-state index contributed by atoms with van der Waals surface area (Å²) in [4.78, 5) is 0. The van der Waals surface area contributed by atoms with Crippen molar-refractivity contribution in [2.24, 2.45) is 17.8 Å². The molecule has 0 N–H and O–H groups in total. The zero-order valence-corrected chi connectivity index (χ0v) is 20.0. The number of fused-ring (bicyclic) bond motifs is 2. The predicted octanol–water partition coefficient (Wildman–Crippen LogP) is 9.09. The molecule has 4 atom stereocenters. The number of hydrogen-bond donors (Lipinski definition) is 0. The van der Waals surface area contributed by atoms with Crippen molar-refractivity contribution in [1.29, 1.82) is 0 Å². The molecule has 0 bridgehead atoms. The van der Waals surface area contributed by atoms with Gasteiger partial charge in [-0.15, -0.1) is 0 Å². The van der Waals surface area contributed by atoms with Crippen molar-refractivity contribution in [1.82, 2.24) is 0 Å². The van der Waals surface area contributed by atoms with Crippen LogP contribution >= 0.6 is 0 Å². The predicted molar refractivity (Wildman–Crippen MR) is 129 cm³/mol. The molecule has 0 heterocycles. The highest BCUT2D eigenvalue weighted by Crippen LogP contribution is 2.49. The van der Waals surface area contributed by atoms with Gasteiger partial charge in [-0.1, -0.05) is 57.2 Å². The minimum atomic E-state index is -1.08. The van der Waals surface area contributed by atoms with Crippen molar-refractivity contribution < 1.29 is 17.9 Å². The number of hydrogen-bond acceptors (Lipinski definition) is 1. The van der Waals surface area contributed by atoms with Gasteiger partial charge in [0.15, 0.2) is 23.2 Å². The van der Waals surface area contributed by atoms with Gasteiger partial charge >= 0.3 is 0 Å². The molecule has 0 aromatic heterocycles. The van der Waals surface area contributed by atoms with Crippen molar-refractivity contribution in [2.75, 3.05) is 6.61 Å². The maximum atomic E-state index is 15.2. The zero-order chi connectivity index (χ0) is 23.4. The molecule has 0 spiro atoms. The van der Waals surface area contributed by atoms with Crippen LogP contribution < -0.4 is 4.74 Å². The monoisotopic (exact) mass is 458 g/mol. The van der Waals surface area contributed by atoms with E-state index in [1.807, 2.05) is 6.92 Å². The summed E-state index contributed by atoms with van der Waals surface area (Å²) >= 11 is 0. The number of allylic oxidation sites excluding steroid dienone is 1. The first-order valence-electron chi connectivity index (χ1n) is 12.9. The fourth-order valence-corrected chi connectivity index (χ4v) is 6.24. The van der Waals surface area contributed by atoms with Gasteiger partial charge in [0, 0.05) is 0 Å². The molecule has 2 aliphatic rings. The van der Waals surface area contributed by atoms with Crippen LogP contribution in [0.5, 0.6) is 5.75 Å². The molecule has 0 radical (unpaired) electrons. The summed E-state index contributed by atoms with van der Waals surface area (Å²) < 4.78 is 50.6. The lowest BCUT2D eigenvalue weighted by Gasteiger charge is -2.42. The highest BCUT2D eigenvalue weighted by atomic mass is 19.2. The third-order valence-corrected chi connectivity index (χ3v) is 8.06. The molecule has 1 nitrogen and oxygen atoms in total. The normalized spacial score (nSPS) is 25.5. The molecule has 0 aliphatic heterocycles. The lowest BCUT2D eigenvalue weighted by molar-refractivity contribution is 0.112. The molecule has 2 aliphatic carbocycles. The fraction of sp³-hybridized carbons (Fsp3) is 0.586. The van der Waals surface area contributed by atoms with E-state index in [0.717, 1.165) is 31.1 Å². The van der Waals surface area contributed by atoms with Gasteiger partial charge in [0.05, 0.1) is 5.39 Å². The van der Waals surface area contributed by atoms with Crippen LogP contribution in [-0.4, -0.2) is 6.61 Å². The number of halogens is 3. The van der Waals surface area contributed by atoms with Gasteiger partial charge in [-0.3, -0.25) is 0 Å². The molecular formula is C29H37F3O. The first-order valence-corrected chi connectivity index (χ1v) is 12.9. The van der Waals surface area contributed by atoms with E-state index in [4.69, 9.17) is 4.74 Å². The standard InChI is InChI=1S/C29H37F3O/c1-3-5-7-8-19-9-10-21-17-22(12-11-20(21)16-19)24-18-23-13-14-25(33-15-6-4-2)28(31)26(23)29(32)27(24)30/h4,6,13-14,18-22H,3,5,7-12,15-17H2,1-2H3/b6-4+. The van der Waals surface area contributed by atoms with E-state index >= 15 is 8.78 Å². The third kappa shape index (κ3) is 5.25. The van der Waals surface area contributed by atoms with Gasteiger partial charge in [0.2, 0.25) is 0 Å². The van der Waals surface area contributed by atoms with Gasteiger partial charge in [-0.2, -0.15) is 0 Å². The second kappa shape index (κ2) is 11.0. The second-order valence-corrected chi connectivity index (χ2v) is 10.2. The molecule has 33 heavy (non-hydrogen) atoms. The minimum Gasteiger partial charge on any atom is -0.486 e. The van der Waals surface area contributed by atoms with Crippen molar-refractivity contribution in [3.8, 4) is 5.75 Å². The number of rotatable bonds is 8. The fourth-order valence-electron chi connectivity index (χ4n) is 6.24. The van der Waals surface area contributed by atoms with Crippen LogP contribution in [0.15, 0.2) is 30.4 Å². The molecule has 2 aromatic rings. The van der Waals surface area contributed by atoms with Crippen molar-refractivity contribution in [2.45, 2.75) is 84.0 Å². The second-order valence-electron chi connectivity index (χ2n) is 10.2. The SMILES string of the molecule is C/C=C/COc1ccc2cc(C3CCC4CC(CCCCC)CCC4C3)c(F)c(F)c2c1F. The molecule has 4 rings (SSSR count). The number of benzene rings is 2. The summed E-state index contributed by atoms with van der Waals surface area (Å²) in [7, 11) is 0. The molecule has 2 saturated carbocycles. The Kier molecular flexibility index (Phi) is 8.03. The van der Waals surface area contributed by atoms with E-state index in [1.54, 1.807) is 24.3 Å². The Morgan fingerprint density at radius 2 is 1.73 bits per heavy atom. The van der Waals surface area contributed by atoms with Gasteiger partial charge in [-0.25, -0.2) is 13.2 Å². The van der Waals surface area contributed by atoms with E-state index < -0.39 is 17.5 Å². The number of unbranched alkanes of at least 4 members (excludes halogenated alkanes) is 2. The molecule has 0 saturated heterocycles. The van der Waals surface area contributed by atoms with Crippen LogP contribution in [0.3, 0.4) is 0 Å². The average molecular weight is 459 g/mol. The maximum Gasteiger partial charge on any atom is 0.175 e. The van der Waals surface area contributed by atoms with E-state index in [9.17, 15) is 4.39 Å². The quantitative estimate of drug-likeness (QED) is 0.283. The van der Waals surface area contributed by atoms with Crippen molar-refractivity contribution in [3.63, 3.8) is 0 Å². The lowest BCUT2D eigenvalue weighted by atomic mass is 9.63. The largest absolute Gasteiger partial charge is 0.486 e. The van der Waals surface area contributed by atoms with Crippen LogP contribution in [0.25, 0.3) is 10.8 Å². The Morgan fingerprint density at radius 3 is 2.52 bits per heavy atom. The van der Waals surface area contributed by atoms with Gasteiger partial charge in [0.25, 0.3) is 0 Å². The highest BCUT2D eigenvalue weighted by Gasteiger charge is 2.37. The van der Waals surface area contributed by atoms with Crippen LogP contribution in [0, 0.1) is 35.2 Å². The smallest absolute Gasteiger partial charge is 0.175 e. The van der Waals surface area contributed by atoms with E-state index in [1.165, 1.54) is 51.0 Å². The van der Waals surface area contributed by atoms with E-state index in [2.05, 4.69) is 6.92 Å². The summed E-state index contributed by atoms with van der Waals surface area (Å²) in [5, 5.41) is 0.0945. The van der Waals surface area contributed by atoms with E-state index in [0.29, 0.717) is 16.9 Å². The Labute approximate surface area is 196 Å². The van der Waals surface area contributed by atoms with Crippen LogP contribution in [0.4, 0.5) is 13.2 Å². The van der Waals surface area contributed by atoms with Crippen LogP contribution in [0.2, 0.25) is 0 Å². The van der Waals surface area contributed by atoms with Crippen molar-refractivity contribution in [3.05, 3.63) is 53.4 Å². The Bertz CT molecular complexity index is 983. The highest BCUT2D eigenvalue weighted by molar-refractivity contribution is 5.86. The van der Waals surface area contributed by atoms with Crippen LogP contribution in [0.1, 0.15) is 89.5 Å². The summed E-state index contributed by atoms with van der Waals surface area (Å²) in [6.07, 6.45) is 15.5. The first kappa shape index (κ1) is 24.2. The van der Waals surface area contributed by atoms with Gasteiger partial charge in [-0.05, 0) is 85.8 Å². The minimum absolute atomic E-state index is 0.00969. The lowest BCUT2D eigenvalue weighted by Crippen LogP contribution is -2.30. The average Bonchev–Trinajstić information content (AvgIpc) is 2.82.